The number of piperazine rings is 1. The Morgan fingerprint density at radius 2 is 1.85 bits per heavy atom. The maximum atomic E-state index is 10.6. The second-order valence-electron chi connectivity index (χ2n) is 6.97. The topological polar surface area (TPSA) is 45.2 Å². The second kappa shape index (κ2) is 7.56. The molecule has 1 fully saturated rings. The fourth-order valence-electron chi connectivity index (χ4n) is 3.75. The largest absolute Gasteiger partial charge is 0.497 e. The number of fused-ring (bicyclic) bond motifs is 1. The summed E-state index contributed by atoms with van der Waals surface area (Å²) >= 11 is 0. The van der Waals surface area contributed by atoms with Gasteiger partial charge in [-0.2, -0.15) is 0 Å². The Morgan fingerprint density at radius 1 is 1.08 bits per heavy atom. The number of hydrogen-bond acceptors (Lipinski definition) is 5. The molecular weight excluding hydrogens is 328 g/mol. The van der Waals surface area contributed by atoms with E-state index in [0.29, 0.717) is 6.54 Å². The molecule has 5 nitrogen and oxygen atoms in total. The van der Waals surface area contributed by atoms with Crippen LogP contribution in [-0.4, -0.2) is 56.4 Å². The first kappa shape index (κ1) is 17.2. The van der Waals surface area contributed by atoms with Crippen LogP contribution in [0.15, 0.2) is 42.5 Å². The van der Waals surface area contributed by atoms with Gasteiger partial charge in [-0.05, 0) is 47.5 Å². The number of ether oxygens (including phenoxy) is 2. The predicted molar refractivity (Wildman–Crippen MR) is 102 cm³/mol. The van der Waals surface area contributed by atoms with E-state index < -0.39 is 6.10 Å². The van der Waals surface area contributed by atoms with E-state index in [1.807, 2.05) is 24.3 Å². The van der Waals surface area contributed by atoms with Gasteiger partial charge in [-0.1, -0.05) is 6.07 Å². The van der Waals surface area contributed by atoms with E-state index in [1.54, 1.807) is 7.11 Å². The number of hydrogen-bond donors (Lipinski definition) is 1. The van der Waals surface area contributed by atoms with Crippen molar-refractivity contribution in [3.63, 3.8) is 0 Å². The van der Waals surface area contributed by atoms with Crippen LogP contribution >= 0.6 is 0 Å². The summed E-state index contributed by atoms with van der Waals surface area (Å²) in [4.78, 5) is 4.73. The van der Waals surface area contributed by atoms with Gasteiger partial charge in [0.2, 0.25) is 0 Å². The molecule has 1 N–H and O–H groups in total. The van der Waals surface area contributed by atoms with Crippen molar-refractivity contribution in [1.29, 1.82) is 0 Å². The van der Waals surface area contributed by atoms with Crippen LogP contribution in [-0.2, 0) is 6.42 Å². The monoisotopic (exact) mass is 354 g/mol. The molecule has 0 aromatic heterocycles. The molecule has 4 rings (SSSR count). The SMILES string of the molecule is COc1ccc(N2CCN(CC(O)c3ccc4c(c3)CCO4)CC2)cc1. The van der Waals surface area contributed by atoms with Crippen molar-refractivity contribution in [3.8, 4) is 11.5 Å². The first-order valence-corrected chi connectivity index (χ1v) is 9.28. The zero-order valence-electron chi connectivity index (χ0n) is 15.2. The number of rotatable bonds is 5. The summed E-state index contributed by atoms with van der Waals surface area (Å²) in [6, 6.07) is 14.3. The van der Waals surface area contributed by atoms with Crippen molar-refractivity contribution in [2.45, 2.75) is 12.5 Å². The third kappa shape index (κ3) is 3.64. The molecule has 2 aliphatic rings. The Labute approximate surface area is 154 Å². The normalized spacial score (nSPS) is 18.3. The molecule has 1 unspecified atom stereocenters. The van der Waals surface area contributed by atoms with E-state index in [2.05, 4.69) is 28.0 Å². The lowest BCUT2D eigenvalue weighted by Crippen LogP contribution is -2.47. The summed E-state index contributed by atoms with van der Waals surface area (Å²) in [5, 5.41) is 10.6. The van der Waals surface area contributed by atoms with Gasteiger partial charge < -0.3 is 19.5 Å². The van der Waals surface area contributed by atoms with Crippen LogP contribution in [0.1, 0.15) is 17.2 Å². The summed E-state index contributed by atoms with van der Waals surface area (Å²) in [6.07, 6.45) is 0.490. The smallest absolute Gasteiger partial charge is 0.122 e. The minimum atomic E-state index is -0.451. The Kier molecular flexibility index (Phi) is 5.00. The van der Waals surface area contributed by atoms with Gasteiger partial charge in [-0.15, -0.1) is 0 Å². The molecule has 2 aromatic rings. The molecule has 0 bridgehead atoms. The number of aliphatic hydroxyl groups excluding tert-OH is 1. The van der Waals surface area contributed by atoms with E-state index >= 15 is 0 Å². The highest BCUT2D eigenvalue weighted by Gasteiger charge is 2.21. The van der Waals surface area contributed by atoms with E-state index in [0.717, 1.165) is 56.3 Å². The van der Waals surface area contributed by atoms with Crippen LogP contribution in [0.5, 0.6) is 11.5 Å². The molecule has 0 amide bonds. The third-order valence-corrected chi connectivity index (χ3v) is 5.34. The van der Waals surface area contributed by atoms with Gasteiger partial charge >= 0.3 is 0 Å². The van der Waals surface area contributed by atoms with E-state index in [4.69, 9.17) is 9.47 Å². The van der Waals surface area contributed by atoms with Crippen molar-refractivity contribution in [1.82, 2.24) is 4.90 Å². The van der Waals surface area contributed by atoms with Gasteiger partial charge in [0.1, 0.15) is 11.5 Å². The standard InChI is InChI=1S/C21H26N2O3/c1-25-19-5-3-18(4-6-19)23-11-9-22(10-12-23)15-20(24)16-2-7-21-17(14-16)8-13-26-21/h2-7,14,20,24H,8-13,15H2,1H3. The van der Waals surface area contributed by atoms with Crippen molar-refractivity contribution >= 4 is 5.69 Å². The Balaban J connectivity index is 1.31. The van der Waals surface area contributed by atoms with Crippen LogP contribution < -0.4 is 14.4 Å². The number of aliphatic hydroxyl groups is 1. The van der Waals surface area contributed by atoms with E-state index in [-0.39, 0.29) is 0 Å². The van der Waals surface area contributed by atoms with Gasteiger partial charge in [0.15, 0.2) is 0 Å². The molecule has 2 aliphatic heterocycles. The van der Waals surface area contributed by atoms with Gasteiger partial charge in [0.25, 0.3) is 0 Å². The lowest BCUT2D eigenvalue weighted by Gasteiger charge is -2.37. The number of anilines is 1. The molecule has 2 aromatic carbocycles. The predicted octanol–water partition coefficient (Wildman–Crippen LogP) is 2.49. The molecule has 0 spiro atoms. The fraction of sp³-hybridized carbons (Fsp3) is 0.429. The van der Waals surface area contributed by atoms with Gasteiger partial charge in [-0.25, -0.2) is 0 Å². The first-order valence-electron chi connectivity index (χ1n) is 9.28. The molecule has 138 valence electrons. The zero-order valence-corrected chi connectivity index (χ0v) is 15.2. The van der Waals surface area contributed by atoms with Crippen molar-refractivity contribution in [3.05, 3.63) is 53.6 Å². The van der Waals surface area contributed by atoms with Crippen LogP contribution in [0.25, 0.3) is 0 Å². The molecule has 0 saturated carbocycles. The van der Waals surface area contributed by atoms with E-state index in [1.165, 1.54) is 11.3 Å². The molecule has 5 heteroatoms. The molecule has 1 saturated heterocycles. The minimum absolute atomic E-state index is 0.451. The van der Waals surface area contributed by atoms with Gasteiger partial charge in [-0.3, -0.25) is 4.90 Å². The molecule has 0 aliphatic carbocycles. The molecule has 1 atom stereocenters. The summed E-state index contributed by atoms with van der Waals surface area (Å²) in [7, 11) is 1.69. The molecule has 0 radical (unpaired) electrons. The quantitative estimate of drug-likeness (QED) is 0.894. The number of benzene rings is 2. The van der Waals surface area contributed by atoms with Crippen LogP contribution in [0.4, 0.5) is 5.69 Å². The van der Waals surface area contributed by atoms with Crippen LogP contribution in [0.3, 0.4) is 0 Å². The summed E-state index contributed by atoms with van der Waals surface area (Å²) in [5.41, 5.74) is 3.43. The minimum Gasteiger partial charge on any atom is -0.497 e. The van der Waals surface area contributed by atoms with Crippen LogP contribution in [0, 0.1) is 0 Å². The lowest BCUT2D eigenvalue weighted by atomic mass is 10.0. The third-order valence-electron chi connectivity index (χ3n) is 5.34. The maximum absolute atomic E-state index is 10.6. The number of methoxy groups -OCH3 is 1. The molecular formula is C21H26N2O3. The lowest BCUT2D eigenvalue weighted by molar-refractivity contribution is 0.109. The summed E-state index contributed by atoms with van der Waals surface area (Å²) < 4.78 is 10.8. The Hall–Kier alpha value is -2.24. The second-order valence-corrected chi connectivity index (χ2v) is 6.97. The fourth-order valence-corrected chi connectivity index (χ4v) is 3.75. The highest BCUT2D eigenvalue weighted by atomic mass is 16.5. The zero-order chi connectivity index (χ0) is 17.9. The number of β-amino-alcohol motifs (C(OH)–C–C–N with tert-alkyl or cyclic N) is 1. The van der Waals surface area contributed by atoms with Crippen LogP contribution in [0.2, 0.25) is 0 Å². The van der Waals surface area contributed by atoms with Crippen molar-refractivity contribution < 1.29 is 14.6 Å². The van der Waals surface area contributed by atoms with Gasteiger partial charge in [0.05, 0.1) is 19.8 Å². The average molecular weight is 354 g/mol. The first-order chi connectivity index (χ1) is 12.7. The molecule has 2 heterocycles. The highest BCUT2D eigenvalue weighted by Crippen LogP contribution is 2.28. The van der Waals surface area contributed by atoms with Crippen molar-refractivity contribution in [2.75, 3.05) is 51.3 Å². The summed E-state index contributed by atoms with van der Waals surface area (Å²) in [5.74, 6) is 1.85. The average Bonchev–Trinajstić information content (AvgIpc) is 3.16. The van der Waals surface area contributed by atoms with E-state index in [9.17, 15) is 5.11 Å². The Bertz CT molecular complexity index is 739. The highest BCUT2D eigenvalue weighted by molar-refractivity contribution is 5.49. The molecule has 26 heavy (non-hydrogen) atoms. The number of nitrogens with zero attached hydrogens (tertiary/aromatic N) is 2. The summed E-state index contributed by atoms with van der Waals surface area (Å²) in [6.45, 7) is 5.28. The van der Waals surface area contributed by atoms with Crippen molar-refractivity contribution in [2.24, 2.45) is 0 Å². The maximum Gasteiger partial charge on any atom is 0.122 e. The van der Waals surface area contributed by atoms with Gasteiger partial charge in [0, 0.05) is 44.8 Å². The Morgan fingerprint density at radius 3 is 2.58 bits per heavy atom.